The number of carbonyl (C=O) groups excluding carboxylic acids is 1. The Bertz CT molecular complexity index is 1250. The Labute approximate surface area is 205 Å². The highest BCUT2D eigenvalue weighted by atomic mass is 19.1. The summed E-state index contributed by atoms with van der Waals surface area (Å²) in [5, 5.41) is 0.138. The van der Waals surface area contributed by atoms with Crippen LogP contribution in [0.5, 0.6) is 5.75 Å². The van der Waals surface area contributed by atoms with Crippen LogP contribution in [0.15, 0.2) is 51.7 Å². The van der Waals surface area contributed by atoms with Gasteiger partial charge in [-0.1, -0.05) is 45.7 Å². The molecule has 0 bridgehead atoms. The van der Waals surface area contributed by atoms with E-state index in [0.717, 1.165) is 37.9 Å². The van der Waals surface area contributed by atoms with Crippen LogP contribution in [-0.4, -0.2) is 48.5 Å². The first-order valence-corrected chi connectivity index (χ1v) is 12.5. The summed E-state index contributed by atoms with van der Waals surface area (Å²) in [7, 11) is 0. The lowest BCUT2D eigenvalue weighted by Gasteiger charge is -2.28. The first-order valence-electron chi connectivity index (χ1n) is 12.5. The minimum atomic E-state index is -0.629. The van der Waals surface area contributed by atoms with Crippen molar-refractivity contribution in [1.82, 2.24) is 9.80 Å². The lowest BCUT2D eigenvalue weighted by Crippen LogP contribution is -2.37. The number of hydrogen-bond acceptors (Lipinski definition) is 5. The van der Waals surface area contributed by atoms with E-state index >= 15 is 0 Å². The molecule has 3 aromatic rings. The van der Waals surface area contributed by atoms with Gasteiger partial charge in [-0.15, -0.1) is 0 Å². The zero-order valence-electron chi connectivity index (χ0n) is 20.7. The molecule has 1 aliphatic heterocycles. The lowest BCUT2D eigenvalue weighted by molar-refractivity contribution is 0.0708. The maximum Gasteiger partial charge on any atom is 0.290 e. The molecule has 1 amide bonds. The topological polar surface area (TPSA) is 63.0 Å². The van der Waals surface area contributed by atoms with E-state index in [-0.39, 0.29) is 33.6 Å². The molecule has 1 unspecified atom stereocenters. The molecule has 0 saturated heterocycles. The summed E-state index contributed by atoms with van der Waals surface area (Å²) in [6.07, 6.45) is 3.16. The maximum absolute atomic E-state index is 14.0. The van der Waals surface area contributed by atoms with E-state index in [9.17, 15) is 14.0 Å². The van der Waals surface area contributed by atoms with E-state index in [1.807, 2.05) is 24.3 Å². The summed E-state index contributed by atoms with van der Waals surface area (Å²) < 4.78 is 25.8. The van der Waals surface area contributed by atoms with Gasteiger partial charge in [0.05, 0.1) is 23.6 Å². The molecular weight excluding hydrogens is 447 g/mol. The maximum atomic E-state index is 14.0. The summed E-state index contributed by atoms with van der Waals surface area (Å²) in [4.78, 5) is 31.0. The van der Waals surface area contributed by atoms with Gasteiger partial charge in [0.25, 0.3) is 5.91 Å². The minimum Gasteiger partial charge on any atom is -0.494 e. The molecule has 35 heavy (non-hydrogen) atoms. The predicted molar refractivity (Wildman–Crippen MR) is 135 cm³/mol. The highest BCUT2D eigenvalue weighted by Crippen LogP contribution is 2.39. The van der Waals surface area contributed by atoms with Gasteiger partial charge in [0.2, 0.25) is 5.76 Å². The molecule has 6 nitrogen and oxygen atoms in total. The number of benzene rings is 2. The minimum absolute atomic E-state index is 0.0351. The standard InChI is InChI=1S/C28H33FN2O4/c1-4-7-8-16-34-21-11-9-10-19(17-21)25-24-26(32)22-18-20(29)12-13-23(22)35-27(24)28(33)31(25)15-14-30(5-2)6-3/h9-13,17-18,25H,4-8,14-16H2,1-3H3. The van der Waals surface area contributed by atoms with Crippen molar-refractivity contribution in [3.8, 4) is 5.75 Å². The molecule has 0 aliphatic carbocycles. The summed E-state index contributed by atoms with van der Waals surface area (Å²) in [6, 6.07) is 10.7. The Morgan fingerprint density at radius 3 is 2.60 bits per heavy atom. The van der Waals surface area contributed by atoms with Crippen molar-refractivity contribution in [2.75, 3.05) is 32.8 Å². The Morgan fingerprint density at radius 1 is 1.06 bits per heavy atom. The molecule has 2 aromatic carbocycles. The average Bonchev–Trinajstić information content (AvgIpc) is 3.15. The van der Waals surface area contributed by atoms with E-state index < -0.39 is 11.9 Å². The van der Waals surface area contributed by atoms with E-state index in [2.05, 4.69) is 25.7 Å². The summed E-state index contributed by atoms with van der Waals surface area (Å²) >= 11 is 0. The van der Waals surface area contributed by atoms with E-state index in [1.165, 1.54) is 18.2 Å². The Balaban J connectivity index is 1.78. The fourth-order valence-corrected chi connectivity index (χ4v) is 4.68. The van der Waals surface area contributed by atoms with Gasteiger partial charge in [-0.2, -0.15) is 0 Å². The zero-order chi connectivity index (χ0) is 24.9. The Morgan fingerprint density at radius 2 is 1.86 bits per heavy atom. The normalized spacial score (nSPS) is 15.3. The van der Waals surface area contributed by atoms with Crippen LogP contribution in [0, 0.1) is 5.82 Å². The third kappa shape index (κ3) is 5.10. The molecular formula is C28H33FN2O4. The molecule has 0 N–H and O–H groups in total. The lowest BCUT2D eigenvalue weighted by atomic mass is 9.98. The number of unbranched alkanes of at least 4 members (excludes halogenated alkanes) is 2. The number of carbonyl (C=O) groups is 1. The number of fused-ring (bicyclic) bond motifs is 2. The van der Waals surface area contributed by atoms with Crippen LogP contribution in [0.1, 0.15) is 67.8 Å². The molecule has 7 heteroatoms. The van der Waals surface area contributed by atoms with Gasteiger partial charge < -0.3 is 19.0 Å². The Hall–Kier alpha value is -3.19. The third-order valence-corrected chi connectivity index (χ3v) is 6.67. The summed E-state index contributed by atoms with van der Waals surface area (Å²) in [5.41, 5.74) is 0.864. The van der Waals surface area contributed by atoms with Gasteiger partial charge in [-0.05, 0) is 55.4 Å². The van der Waals surface area contributed by atoms with Crippen LogP contribution in [0.25, 0.3) is 11.0 Å². The molecule has 1 aromatic heterocycles. The fourth-order valence-electron chi connectivity index (χ4n) is 4.68. The second kappa shape index (κ2) is 11.0. The van der Waals surface area contributed by atoms with Gasteiger partial charge in [0.1, 0.15) is 17.1 Å². The summed E-state index contributed by atoms with van der Waals surface area (Å²) in [6.45, 7) is 9.72. The monoisotopic (exact) mass is 480 g/mol. The van der Waals surface area contributed by atoms with Crippen LogP contribution in [0.2, 0.25) is 0 Å². The SMILES string of the molecule is CCCCCOc1cccc(C2c3c(oc4ccc(F)cc4c3=O)C(=O)N2CCN(CC)CC)c1. The van der Waals surface area contributed by atoms with Crippen molar-refractivity contribution in [1.29, 1.82) is 0 Å². The molecule has 1 aliphatic rings. The van der Waals surface area contributed by atoms with Crippen molar-refractivity contribution >= 4 is 16.9 Å². The molecule has 0 saturated carbocycles. The Kier molecular flexibility index (Phi) is 7.86. The van der Waals surface area contributed by atoms with Crippen LogP contribution < -0.4 is 10.2 Å². The highest BCUT2D eigenvalue weighted by Gasteiger charge is 2.42. The molecule has 186 valence electrons. The average molecular weight is 481 g/mol. The fraction of sp³-hybridized carbons (Fsp3) is 0.429. The quantitative estimate of drug-likeness (QED) is 0.345. The number of halogens is 1. The summed E-state index contributed by atoms with van der Waals surface area (Å²) in [5.74, 6) is -0.117. The molecule has 0 fully saturated rings. The first-order chi connectivity index (χ1) is 17.0. The van der Waals surface area contributed by atoms with Crippen molar-refractivity contribution < 1.29 is 18.3 Å². The first kappa shape index (κ1) is 24.9. The van der Waals surface area contributed by atoms with E-state index in [0.29, 0.717) is 25.4 Å². The van der Waals surface area contributed by atoms with Gasteiger partial charge in [-0.3, -0.25) is 9.59 Å². The molecule has 4 rings (SSSR count). The molecule has 1 atom stereocenters. The van der Waals surface area contributed by atoms with Crippen LogP contribution in [-0.2, 0) is 0 Å². The molecule has 0 radical (unpaired) electrons. The third-order valence-electron chi connectivity index (χ3n) is 6.67. The number of nitrogens with zero attached hydrogens (tertiary/aromatic N) is 2. The smallest absolute Gasteiger partial charge is 0.290 e. The van der Waals surface area contributed by atoms with Crippen LogP contribution in [0.3, 0.4) is 0 Å². The largest absolute Gasteiger partial charge is 0.494 e. The van der Waals surface area contributed by atoms with Gasteiger partial charge >= 0.3 is 0 Å². The highest BCUT2D eigenvalue weighted by molar-refractivity contribution is 5.99. The number of amides is 1. The second-order valence-electron chi connectivity index (χ2n) is 8.87. The van der Waals surface area contributed by atoms with Gasteiger partial charge in [0, 0.05) is 13.1 Å². The number of rotatable bonds is 11. The van der Waals surface area contributed by atoms with Crippen molar-refractivity contribution in [3.05, 3.63) is 75.4 Å². The van der Waals surface area contributed by atoms with Crippen molar-refractivity contribution in [3.63, 3.8) is 0 Å². The molecule has 0 spiro atoms. The van der Waals surface area contributed by atoms with Crippen molar-refractivity contribution in [2.45, 2.75) is 46.1 Å². The van der Waals surface area contributed by atoms with Gasteiger partial charge in [0.15, 0.2) is 5.43 Å². The number of ether oxygens (including phenoxy) is 1. The zero-order valence-corrected chi connectivity index (χ0v) is 20.7. The van der Waals surface area contributed by atoms with Crippen LogP contribution in [0.4, 0.5) is 4.39 Å². The van der Waals surface area contributed by atoms with Gasteiger partial charge in [-0.25, -0.2) is 4.39 Å². The van der Waals surface area contributed by atoms with E-state index in [1.54, 1.807) is 4.90 Å². The van der Waals surface area contributed by atoms with Crippen molar-refractivity contribution in [2.24, 2.45) is 0 Å². The van der Waals surface area contributed by atoms with E-state index in [4.69, 9.17) is 9.15 Å². The number of likely N-dealkylation sites (N-methyl/N-ethyl adjacent to an activating group) is 1. The number of hydrogen-bond donors (Lipinski definition) is 0. The predicted octanol–water partition coefficient (Wildman–Crippen LogP) is 5.39. The van der Waals surface area contributed by atoms with Crippen LogP contribution >= 0.6 is 0 Å². The molecule has 2 heterocycles. The second-order valence-corrected chi connectivity index (χ2v) is 8.87.